The van der Waals surface area contributed by atoms with Crippen molar-refractivity contribution in [1.82, 2.24) is 0 Å². The molecule has 3 rings (SSSR count). The van der Waals surface area contributed by atoms with Gasteiger partial charge in [-0.15, -0.1) is 23.2 Å². The van der Waals surface area contributed by atoms with Crippen molar-refractivity contribution in [2.24, 2.45) is 5.92 Å². The number of rotatable bonds is 7. The highest BCUT2D eigenvalue weighted by molar-refractivity contribution is 6.53. The fraction of sp³-hybridized carbons (Fsp3) is 0.333. The number of nitrogens with one attached hydrogen (secondary N) is 2. The summed E-state index contributed by atoms with van der Waals surface area (Å²) in [6.07, 6.45) is 2.09. The maximum atomic E-state index is 12.8. The SMILES string of the molecule is CCCCC(=O)Nc1cc(NC(=O)[C@H]2[C@H](c3cc(Cl)cc(Cl)c3)C2(Cl)Cl)ccc1Cl. The van der Waals surface area contributed by atoms with Crippen molar-refractivity contribution in [2.75, 3.05) is 10.6 Å². The van der Waals surface area contributed by atoms with Crippen LogP contribution in [0.25, 0.3) is 0 Å². The number of anilines is 2. The van der Waals surface area contributed by atoms with E-state index in [1.165, 1.54) is 0 Å². The van der Waals surface area contributed by atoms with Gasteiger partial charge in [-0.25, -0.2) is 0 Å². The summed E-state index contributed by atoms with van der Waals surface area (Å²) < 4.78 is -1.28. The molecule has 0 bridgehead atoms. The molecule has 0 heterocycles. The summed E-state index contributed by atoms with van der Waals surface area (Å²) in [6, 6.07) is 9.82. The van der Waals surface area contributed by atoms with Crippen LogP contribution in [0, 0.1) is 5.92 Å². The minimum absolute atomic E-state index is 0.136. The molecule has 4 nitrogen and oxygen atoms in total. The zero-order chi connectivity index (χ0) is 22.1. The molecule has 0 aliphatic heterocycles. The maximum absolute atomic E-state index is 12.8. The highest BCUT2D eigenvalue weighted by Gasteiger charge is 2.67. The van der Waals surface area contributed by atoms with Crippen LogP contribution in [0.4, 0.5) is 11.4 Å². The summed E-state index contributed by atoms with van der Waals surface area (Å²) in [4.78, 5) is 24.8. The van der Waals surface area contributed by atoms with Gasteiger partial charge >= 0.3 is 0 Å². The molecule has 0 spiro atoms. The third kappa shape index (κ3) is 5.35. The number of alkyl halides is 2. The lowest BCUT2D eigenvalue weighted by molar-refractivity contribution is -0.117. The average molecular weight is 509 g/mol. The van der Waals surface area contributed by atoms with Gasteiger partial charge in [0.15, 0.2) is 0 Å². The largest absolute Gasteiger partial charge is 0.326 e. The molecule has 0 radical (unpaired) electrons. The van der Waals surface area contributed by atoms with Crippen LogP contribution in [0.15, 0.2) is 36.4 Å². The Hall–Kier alpha value is -1.17. The third-order valence-electron chi connectivity index (χ3n) is 4.85. The fourth-order valence-electron chi connectivity index (χ4n) is 3.29. The molecule has 2 aromatic rings. The second kappa shape index (κ2) is 9.54. The molecule has 2 aromatic carbocycles. The maximum Gasteiger partial charge on any atom is 0.231 e. The number of carbonyl (C=O) groups is 2. The van der Waals surface area contributed by atoms with Gasteiger partial charge in [0.25, 0.3) is 0 Å². The first kappa shape index (κ1) is 23.5. The van der Waals surface area contributed by atoms with E-state index >= 15 is 0 Å². The van der Waals surface area contributed by atoms with E-state index in [2.05, 4.69) is 10.6 Å². The summed E-state index contributed by atoms with van der Waals surface area (Å²) in [5.41, 5.74) is 1.58. The fourth-order valence-corrected chi connectivity index (χ4v) is 4.83. The first-order valence-electron chi connectivity index (χ1n) is 9.37. The Balaban J connectivity index is 1.73. The number of benzene rings is 2. The van der Waals surface area contributed by atoms with Gasteiger partial charge in [0.05, 0.1) is 16.6 Å². The quantitative estimate of drug-likeness (QED) is 0.386. The molecular weight excluding hydrogens is 490 g/mol. The molecule has 1 aliphatic carbocycles. The van der Waals surface area contributed by atoms with Crippen molar-refractivity contribution in [1.29, 1.82) is 0 Å². The number of amides is 2. The summed E-state index contributed by atoms with van der Waals surface area (Å²) >= 11 is 31.1. The number of halogens is 5. The second-order valence-corrected chi connectivity index (χ2v) is 9.89. The van der Waals surface area contributed by atoms with Crippen LogP contribution in [0.5, 0.6) is 0 Å². The summed E-state index contributed by atoms with van der Waals surface area (Å²) in [5.74, 6) is -1.62. The Labute approximate surface area is 200 Å². The third-order valence-corrected chi connectivity index (χ3v) is 6.55. The van der Waals surface area contributed by atoms with Gasteiger partial charge in [0.2, 0.25) is 11.8 Å². The van der Waals surface area contributed by atoms with Crippen LogP contribution in [0.2, 0.25) is 15.1 Å². The van der Waals surface area contributed by atoms with E-state index in [9.17, 15) is 9.59 Å². The molecule has 0 saturated heterocycles. The molecule has 0 aromatic heterocycles. The molecule has 30 heavy (non-hydrogen) atoms. The van der Waals surface area contributed by atoms with Crippen LogP contribution in [-0.4, -0.2) is 16.1 Å². The minimum Gasteiger partial charge on any atom is -0.326 e. The van der Waals surface area contributed by atoms with E-state index in [4.69, 9.17) is 58.0 Å². The topological polar surface area (TPSA) is 58.2 Å². The Kier molecular flexibility index (Phi) is 7.47. The summed E-state index contributed by atoms with van der Waals surface area (Å²) in [5, 5.41) is 6.80. The van der Waals surface area contributed by atoms with Crippen molar-refractivity contribution in [2.45, 2.75) is 36.4 Å². The highest BCUT2D eigenvalue weighted by Crippen LogP contribution is 2.65. The Morgan fingerprint density at radius 2 is 1.67 bits per heavy atom. The lowest BCUT2D eigenvalue weighted by atomic mass is 10.1. The summed E-state index contributed by atoms with van der Waals surface area (Å²) in [6.45, 7) is 2.01. The molecule has 1 fully saturated rings. The number of carbonyl (C=O) groups excluding carboxylic acids is 2. The van der Waals surface area contributed by atoms with E-state index in [-0.39, 0.29) is 11.8 Å². The van der Waals surface area contributed by atoms with E-state index in [1.54, 1.807) is 36.4 Å². The van der Waals surface area contributed by atoms with Gasteiger partial charge in [-0.05, 0) is 48.4 Å². The van der Waals surface area contributed by atoms with E-state index < -0.39 is 16.2 Å². The molecule has 9 heteroatoms. The molecule has 2 N–H and O–H groups in total. The Morgan fingerprint density at radius 3 is 2.30 bits per heavy atom. The van der Waals surface area contributed by atoms with E-state index in [1.807, 2.05) is 6.92 Å². The standard InChI is InChI=1S/C21H19Cl5N2O2/c1-2-3-4-17(29)28-16-10-14(5-6-15(16)24)27-20(30)19-18(21(19,25)26)11-7-12(22)9-13(23)8-11/h5-10,18-19H,2-4H2,1H3,(H,27,30)(H,28,29)/t18-,19+/m0/s1. The normalized spacial score (nSPS) is 19.3. The van der Waals surface area contributed by atoms with Gasteiger partial charge in [0.1, 0.15) is 4.33 Å². The van der Waals surface area contributed by atoms with Gasteiger partial charge < -0.3 is 10.6 Å². The van der Waals surface area contributed by atoms with Crippen molar-refractivity contribution < 1.29 is 9.59 Å². The van der Waals surface area contributed by atoms with Crippen molar-refractivity contribution >= 4 is 81.2 Å². The first-order chi connectivity index (χ1) is 14.1. The zero-order valence-electron chi connectivity index (χ0n) is 15.9. The highest BCUT2D eigenvalue weighted by atomic mass is 35.5. The van der Waals surface area contributed by atoms with Crippen molar-refractivity contribution in [3.63, 3.8) is 0 Å². The van der Waals surface area contributed by atoms with Crippen LogP contribution in [0.3, 0.4) is 0 Å². The molecule has 160 valence electrons. The lowest BCUT2D eigenvalue weighted by Crippen LogP contribution is -2.17. The smallest absolute Gasteiger partial charge is 0.231 e. The average Bonchev–Trinajstić information content (AvgIpc) is 3.24. The van der Waals surface area contributed by atoms with Crippen molar-refractivity contribution in [3.8, 4) is 0 Å². The Morgan fingerprint density at radius 1 is 1.00 bits per heavy atom. The minimum atomic E-state index is -1.28. The second-order valence-electron chi connectivity index (χ2n) is 7.17. The molecular formula is C21H19Cl5N2O2. The predicted molar refractivity (Wildman–Crippen MR) is 125 cm³/mol. The molecule has 1 saturated carbocycles. The lowest BCUT2D eigenvalue weighted by Gasteiger charge is -2.11. The van der Waals surface area contributed by atoms with Crippen LogP contribution >= 0.6 is 58.0 Å². The van der Waals surface area contributed by atoms with Crippen molar-refractivity contribution in [3.05, 3.63) is 57.0 Å². The van der Waals surface area contributed by atoms with Gasteiger partial charge in [-0.2, -0.15) is 0 Å². The molecule has 2 amide bonds. The number of unbranched alkanes of at least 4 members (excludes halogenated alkanes) is 1. The molecule has 1 aliphatic rings. The first-order valence-corrected chi connectivity index (χ1v) is 11.3. The van der Waals surface area contributed by atoms with Gasteiger partial charge in [-0.3, -0.25) is 9.59 Å². The van der Waals surface area contributed by atoms with E-state index in [0.29, 0.717) is 38.4 Å². The molecule has 0 unspecified atom stereocenters. The zero-order valence-corrected chi connectivity index (χ0v) is 19.7. The molecule has 2 atom stereocenters. The number of hydrogen-bond donors (Lipinski definition) is 2. The van der Waals surface area contributed by atoms with E-state index in [0.717, 1.165) is 12.8 Å². The van der Waals surface area contributed by atoms with Crippen LogP contribution in [0.1, 0.15) is 37.7 Å². The predicted octanol–water partition coefficient (Wildman–Crippen LogP) is 7.30. The Bertz CT molecular complexity index is 960. The summed E-state index contributed by atoms with van der Waals surface area (Å²) in [7, 11) is 0. The van der Waals surface area contributed by atoms with Crippen LogP contribution in [-0.2, 0) is 9.59 Å². The van der Waals surface area contributed by atoms with Gasteiger partial charge in [-0.1, -0.05) is 48.1 Å². The van der Waals surface area contributed by atoms with Gasteiger partial charge in [0, 0.05) is 28.1 Å². The van der Waals surface area contributed by atoms with Crippen LogP contribution < -0.4 is 10.6 Å². The monoisotopic (exact) mass is 506 g/mol. The number of hydrogen-bond acceptors (Lipinski definition) is 2.